The van der Waals surface area contributed by atoms with E-state index < -0.39 is 11.7 Å². The molecule has 0 unspecified atom stereocenters. The van der Waals surface area contributed by atoms with Gasteiger partial charge in [0.2, 0.25) is 0 Å². The van der Waals surface area contributed by atoms with E-state index in [-0.39, 0.29) is 0 Å². The standard InChI is InChI=1S/C26H24N2O4/c29-25(26(30)27-12-15-31-16-13-27)22-18-28(23-10-4-3-9-21(22)23)14-17-32-24-11-5-7-19-6-1-2-8-20(19)24/h1-11,18H,12-17H2. The third kappa shape index (κ3) is 3.85. The molecule has 0 radical (unpaired) electrons. The molecule has 0 saturated carbocycles. The number of carbonyl (C=O) groups is 2. The fraction of sp³-hybridized carbons (Fsp3) is 0.231. The zero-order valence-corrected chi connectivity index (χ0v) is 17.7. The lowest BCUT2D eigenvalue weighted by molar-refractivity contribution is -0.130. The highest BCUT2D eigenvalue weighted by Gasteiger charge is 2.27. The zero-order chi connectivity index (χ0) is 21.9. The molecule has 0 atom stereocenters. The second-order valence-corrected chi connectivity index (χ2v) is 7.81. The van der Waals surface area contributed by atoms with Crippen molar-refractivity contribution in [2.24, 2.45) is 0 Å². The van der Waals surface area contributed by atoms with Gasteiger partial charge in [0.05, 0.1) is 25.3 Å². The van der Waals surface area contributed by atoms with Crippen LogP contribution in [0.4, 0.5) is 0 Å². The van der Waals surface area contributed by atoms with Gasteiger partial charge in [-0.05, 0) is 17.5 Å². The summed E-state index contributed by atoms with van der Waals surface area (Å²) < 4.78 is 13.4. The second-order valence-electron chi connectivity index (χ2n) is 7.81. The Labute approximate surface area is 185 Å². The van der Waals surface area contributed by atoms with Gasteiger partial charge < -0.3 is 18.9 Å². The van der Waals surface area contributed by atoms with Crippen LogP contribution in [0, 0.1) is 0 Å². The van der Waals surface area contributed by atoms with E-state index in [1.165, 1.54) is 0 Å². The van der Waals surface area contributed by atoms with Gasteiger partial charge in [-0.15, -0.1) is 0 Å². The molecule has 4 aromatic rings. The molecule has 1 aliphatic rings. The van der Waals surface area contributed by atoms with Gasteiger partial charge in [-0.3, -0.25) is 9.59 Å². The summed E-state index contributed by atoms with van der Waals surface area (Å²) >= 11 is 0. The van der Waals surface area contributed by atoms with Crippen LogP contribution in [0.2, 0.25) is 0 Å². The number of morpholine rings is 1. The maximum atomic E-state index is 13.0. The number of carbonyl (C=O) groups excluding carboxylic acids is 2. The van der Waals surface area contributed by atoms with Crippen LogP contribution in [0.25, 0.3) is 21.7 Å². The molecule has 6 nitrogen and oxygen atoms in total. The van der Waals surface area contributed by atoms with E-state index in [0.717, 1.165) is 27.4 Å². The number of para-hydroxylation sites is 1. The summed E-state index contributed by atoms with van der Waals surface area (Å²) in [6.07, 6.45) is 1.78. The summed E-state index contributed by atoms with van der Waals surface area (Å²) in [5.41, 5.74) is 1.34. The van der Waals surface area contributed by atoms with Crippen LogP contribution in [-0.4, -0.2) is 54.1 Å². The quantitative estimate of drug-likeness (QED) is 0.345. The highest BCUT2D eigenvalue weighted by atomic mass is 16.5. The monoisotopic (exact) mass is 428 g/mol. The first-order chi connectivity index (χ1) is 15.7. The van der Waals surface area contributed by atoms with Gasteiger partial charge in [-0.2, -0.15) is 0 Å². The van der Waals surface area contributed by atoms with E-state index in [4.69, 9.17) is 9.47 Å². The molecular weight excluding hydrogens is 404 g/mol. The van der Waals surface area contributed by atoms with Crippen molar-refractivity contribution in [2.75, 3.05) is 32.9 Å². The lowest BCUT2D eigenvalue weighted by Gasteiger charge is -2.25. The van der Waals surface area contributed by atoms with Crippen LogP contribution < -0.4 is 4.74 Å². The number of fused-ring (bicyclic) bond motifs is 2. The molecule has 162 valence electrons. The number of amides is 1. The molecule has 0 aliphatic carbocycles. The molecule has 5 rings (SSSR count). The summed E-state index contributed by atoms with van der Waals surface area (Å²) in [4.78, 5) is 27.4. The minimum absolute atomic E-state index is 0.433. The van der Waals surface area contributed by atoms with Gasteiger partial charge >= 0.3 is 0 Å². The van der Waals surface area contributed by atoms with Crippen LogP contribution in [0.5, 0.6) is 5.75 Å². The van der Waals surface area contributed by atoms with Gasteiger partial charge in [0.1, 0.15) is 12.4 Å². The number of aromatic nitrogens is 1. The Bertz CT molecular complexity index is 1280. The van der Waals surface area contributed by atoms with Crippen LogP contribution >= 0.6 is 0 Å². The number of hydrogen-bond donors (Lipinski definition) is 0. The van der Waals surface area contributed by atoms with E-state index >= 15 is 0 Å². The molecule has 1 amide bonds. The number of ether oxygens (including phenoxy) is 2. The molecule has 1 aliphatic heterocycles. The fourth-order valence-electron chi connectivity index (χ4n) is 4.21. The number of hydrogen-bond acceptors (Lipinski definition) is 4. The SMILES string of the molecule is O=C(C(=O)N1CCOCC1)c1cn(CCOc2cccc3ccccc23)c2ccccc12. The minimum Gasteiger partial charge on any atom is -0.491 e. The van der Waals surface area contributed by atoms with E-state index in [2.05, 4.69) is 12.1 Å². The van der Waals surface area contributed by atoms with Crippen molar-refractivity contribution < 1.29 is 19.1 Å². The van der Waals surface area contributed by atoms with Crippen molar-refractivity contribution in [3.05, 3.63) is 78.5 Å². The van der Waals surface area contributed by atoms with Gasteiger partial charge in [0.15, 0.2) is 0 Å². The Morgan fingerprint density at radius 2 is 1.59 bits per heavy atom. The summed E-state index contributed by atoms with van der Waals surface area (Å²) in [6.45, 7) is 2.82. The number of rotatable bonds is 6. The average molecular weight is 428 g/mol. The Kier molecular flexibility index (Phi) is 5.60. The molecule has 6 heteroatoms. The number of ketones is 1. The maximum absolute atomic E-state index is 13.0. The molecule has 32 heavy (non-hydrogen) atoms. The maximum Gasteiger partial charge on any atom is 0.295 e. The molecule has 0 bridgehead atoms. The Hall–Kier alpha value is -3.64. The summed E-state index contributed by atoms with van der Waals surface area (Å²) in [7, 11) is 0. The number of Topliss-reactive ketones (excluding diaryl/α,β-unsaturated/α-hetero) is 1. The van der Waals surface area contributed by atoms with E-state index in [1.807, 2.05) is 59.2 Å². The first-order valence-electron chi connectivity index (χ1n) is 10.8. The van der Waals surface area contributed by atoms with Gasteiger partial charge in [0, 0.05) is 35.6 Å². The molecule has 0 spiro atoms. The molecule has 1 fully saturated rings. The molecule has 2 heterocycles. The minimum atomic E-state index is -0.475. The first-order valence-corrected chi connectivity index (χ1v) is 10.8. The van der Waals surface area contributed by atoms with Crippen LogP contribution in [0.15, 0.2) is 72.9 Å². The van der Waals surface area contributed by atoms with Gasteiger partial charge in [0.25, 0.3) is 11.7 Å². The van der Waals surface area contributed by atoms with Gasteiger partial charge in [-0.1, -0.05) is 54.6 Å². The largest absolute Gasteiger partial charge is 0.491 e. The topological polar surface area (TPSA) is 60.8 Å². The molecule has 1 saturated heterocycles. The smallest absolute Gasteiger partial charge is 0.295 e. The van der Waals surface area contributed by atoms with Crippen molar-refractivity contribution in [1.29, 1.82) is 0 Å². The Morgan fingerprint density at radius 3 is 2.44 bits per heavy atom. The lowest BCUT2D eigenvalue weighted by atomic mass is 10.1. The highest BCUT2D eigenvalue weighted by molar-refractivity contribution is 6.44. The van der Waals surface area contributed by atoms with E-state index in [0.29, 0.717) is 45.0 Å². The summed E-state index contributed by atoms with van der Waals surface area (Å²) in [5.74, 6) is -0.113. The summed E-state index contributed by atoms with van der Waals surface area (Å²) in [5, 5.41) is 2.98. The van der Waals surface area contributed by atoms with E-state index in [1.54, 1.807) is 11.1 Å². The van der Waals surface area contributed by atoms with Crippen LogP contribution in [-0.2, 0) is 16.1 Å². The van der Waals surface area contributed by atoms with Crippen molar-refractivity contribution >= 4 is 33.4 Å². The van der Waals surface area contributed by atoms with Crippen molar-refractivity contribution in [3.8, 4) is 5.75 Å². The fourth-order valence-corrected chi connectivity index (χ4v) is 4.21. The Balaban J connectivity index is 1.36. The predicted molar refractivity (Wildman–Crippen MR) is 123 cm³/mol. The lowest BCUT2D eigenvalue weighted by Crippen LogP contribution is -2.44. The third-order valence-electron chi connectivity index (χ3n) is 5.87. The van der Waals surface area contributed by atoms with Crippen molar-refractivity contribution in [2.45, 2.75) is 6.54 Å². The third-order valence-corrected chi connectivity index (χ3v) is 5.87. The Morgan fingerprint density at radius 1 is 0.875 bits per heavy atom. The van der Waals surface area contributed by atoms with Crippen molar-refractivity contribution in [3.63, 3.8) is 0 Å². The highest BCUT2D eigenvalue weighted by Crippen LogP contribution is 2.26. The normalized spacial score (nSPS) is 14.1. The molecule has 3 aromatic carbocycles. The van der Waals surface area contributed by atoms with Crippen LogP contribution in [0.3, 0.4) is 0 Å². The molecular formula is C26H24N2O4. The second kappa shape index (κ2) is 8.85. The predicted octanol–water partition coefficient (Wildman–Crippen LogP) is 3.92. The van der Waals surface area contributed by atoms with Crippen LogP contribution in [0.1, 0.15) is 10.4 Å². The summed E-state index contributed by atoms with van der Waals surface area (Å²) in [6, 6.07) is 21.8. The first kappa shape index (κ1) is 20.3. The molecule has 0 N–H and O–H groups in total. The van der Waals surface area contributed by atoms with E-state index in [9.17, 15) is 9.59 Å². The van der Waals surface area contributed by atoms with Gasteiger partial charge in [-0.25, -0.2) is 0 Å². The molecule has 1 aromatic heterocycles. The average Bonchev–Trinajstić information content (AvgIpc) is 3.22. The number of benzene rings is 3. The zero-order valence-electron chi connectivity index (χ0n) is 17.7. The number of nitrogens with zero attached hydrogens (tertiary/aromatic N) is 2. The van der Waals surface area contributed by atoms with Crippen molar-refractivity contribution in [1.82, 2.24) is 9.47 Å².